The molecule has 0 saturated heterocycles. The largest absolute Gasteiger partial charge is 0.406 e. The van der Waals surface area contributed by atoms with Crippen molar-refractivity contribution in [1.82, 2.24) is 15.5 Å². The number of nitrogens with zero attached hydrogens (tertiary/aromatic N) is 2. The van der Waals surface area contributed by atoms with Crippen LogP contribution in [0.5, 0.6) is 0 Å². The molecule has 0 bridgehead atoms. The second-order valence-electron chi connectivity index (χ2n) is 6.81. The zero-order chi connectivity index (χ0) is 22.0. The van der Waals surface area contributed by atoms with Crippen molar-refractivity contribution in [3.63, 3.8) is 0 Å². The quantitative estimate of drug-likeness (QED) is 0.509. The second-order valence-corrected chi connectivity index (χ2v) is 6.81. The maximum Gasteiger partial charge on any atom is 0.406 e. The fourth-order valence-corrected chi connectivity index (χ4v) is 2.96. The van der Waals surface area contributed by atoms with E-state index in [-0.39, 0.29) is 12.5 Å². The summed E-state index contributed by atoms with van der Waals surface area (Å²) in [6.45, 7) is 1.27. The summed E-state index contributed by atoms with van der Waals surface area (Å²) in [6, 6.07) is 20.0. The standard InChI is InChI=1S/C22H27F3N4O/c1-3-26-21(28-15-20(30)29(2)16-22(23,24)25)27-14-19(17-10-6-4-7-11-17)18-12-8-5-9-13-18/h4-13,19H,3,14-16H2,1-2H3,(H2,26,27,28). The Kier molecular flexibility index (Phi) is 8.70. The number of likely N-dealkylation sites (N-methyl/N-ethyl adjacent to an activating group) is 1. The number of hydrogen-bond acceptors (Lipinski definition) is 2. The molecule has 1 amide bonds. The normalized spacial score (nSPS) is 12.0. The third-order valence-corrected chi connectivity index (χ3v) is 4.44. The molecule has 0 fully saturated rings. The highest BCUT2D eigenvalue weighted by atomic mass is 19.4. The molecule has 30 heavy (non-hydrogen) atoms. The minimum absolute atomic E-state index is 0.0415. The van der Waals surface area contributed by atoms with Crippen LogP contribution >= 0.6 is 0 Å². The first-order valence-corrected chi connectivity index (χ1v) is 9.73. The monoisotopic (exact) mass is 420 g/mol. The van der Waals surface area contributed by atoms with E-state index in [1.54, 1.807) is 0 Å². The molecular formula is C22H27F3N4O. The second kappa shape index (κ2) is 11.2. The third-order valence-electron chi connectivity index (χ3n) is 4.44. The van der Waals surface area contributed by atoms with Crippen LogP contribution in [0.1, 0.15) is 24.0 Å². The van der Waals surface area contributed by atoms with Crippen LogP contribution in [0.2, 0.25) is 0 Å². The number of carbonyl (C=O) groups is 1. The van der Waals surface area contributed by atoms with Gasteiger partial charge in [-0.2, -0.15) is 13.2 Å². The van der Waals surface area contributed by atoms with Gasteiger partial charge in [-0.3, -0.25) is 4.79 Å². The van der Waals surface area contributed by atoms with Gasteiger partial charge in [0.15, 0.2) is 5.96 Å². The van der Waals surface area contributed by atoms with Crippen molar-refractivity contribution in [2.24, 2.45) is 4.99 Å². The lowest BCUT2D eigenvalue weighted by Gasteiger charge is -2.21. The summed E-state index contributed by atoms with van der Waals surface area (Å²) in [4.78, 5) is 16.8. The van der Waals surface area contributed by atoms with Gasteiger partial charge >= 0.3 is 6.18 Å². The Hall–Kier alpha value is -3.03. The molecule has 0 radical (unpaired) electrons. The lowest BCUT2D eigenvalue weighted by atomic mass is 9.91. The van der Waals surface area contributed by atoms with E-state index < -0.39 is 18.6 Å². The molecule has 0 heterocycles. The predicted molar refractivity (Wildman–Crippen MR) is 112 cm³/mol. The maximum absolute atomic E-state index is 12.5. The number of rotatable bonds is 8. The van der Waals surface area contributed by atoms with Crippen molar-refractivity contribution >= 4 is 11.9 Å². The number of amides is 1. The lowest BCUT2D eigenvalue weighted by Crippen LogP contribution is -2.41. The smallest absolute Gasteiger partial charge is 0.357 e. The van der Waals surface area contributed by atoms with E-state index in [2.05, 4.69) is 15.6 Å². The Labute approximate surface area is 175 Å². The molecule has 0 aromatic heterocycles. The van der Waals surface area contributed by atoms with Crippen molar-refractivity contribution in [1.29, 1.82) is 0 Å². The van der Waals surface area contributed by atoms with Crippen LogP contribution in [-0.2, 0) is 4.79 Å². The molecule has 0 saturated carbocycles. The summed E-state index contributed by atoms with van der Waals surface area (Å²) >= 11 is 0. The Balaban J connectivity index is 2.08. The Morgan fingerprint density at radius 2 is 1.53 bits per heavy atom. The average Bonchev–Trinajstić information content (AvgIpc) is 2.72. The van der Waals surface area contributed by atoms with E-state index in [9.17, 15) is 18.0 Å². The fourth-order valence-electron chi connectivity index (χ4n) is 2.96. The number of aliphatic imine (C=N–C) groups is 1. The van der Waals surface area contributed by atoms with Crippen LogP contribution in [0.4, 0.5) is 13.2 Å². The molecule has 8 heteroatoms. The van der Waals surface area contributed by atoms with Crippen molar-refractivity contribution < 1.29 is 18.0 Å². The molecule has 2 aromatic rings. The zero-order valence-electron chi connectivity index (χ0n) is 17.1. The first-order chi connectivity index (χ1) is 14.3. The summed E-state index contributed by atoms with van der Waals surface area (Å²) in [7, 11) is 1.12. The number of hydrogen-bond donors (Lipinski definition) is 2. The Morgan fingerprint density at radius 1 is 1.00 bits per heavy atom. The van der Waals surface area contributed by atoms with Gasteiger partial charge in [-0.25, -0.2) is 4.99 Å². The van der Waals surface area contributed by atoms with Gasteiger partial charge in [-0.15, -0.1) is 0 Å². The van der Waals surface area contributed by atoms with Crippen LogP contribution in [0.15, 0.2) is 65.7 Å². The van der Waals surface area contributed by atoms with Crippen LogP contribution in [0.3, 0.4) is 0 Å². The highest BCUT2D eigenvalue weighted by Crippen LogP contribution is 2.23. The van der Waals surface area contributed by atoms with Gasteiger partial charge in [-0.05, 0) is 18.1 Å². The summed E-state index contributed by atoms with van der Waals surface area (Å²) in [5.74, 6) is -0.282. The van der Waals surface area contributed by atoms with Crippen LogP contribution in [0.25, 0.3) is 0 Å². The highest BCUT2D eigenvalue weighted by molar-refractivity contribution is 5.85. The summed E-state index contributed by atoms with van der Waals surface area (Å²) in [5, 5.41) is 6.24. The highest BCUT2D eigenvalue weighted by Gasteiger charge is 2.31. The summed E-state index contributed by atoms with van der Waals surface area (Å²) in [5.41, 5.74) is 2.24. The van der Waals surface area contributed by atoms with E-state index >= 15 is 0 Å². The number of alkyl halides is 3. The molecule has 0 spiro atoms. The van der Waals surface area contributed by atoms with Gasteiger partial charge in [0.2, 0.25) is 5.91 Å². The average molecular weight is 420 g/mol. The van der Waals surface area contributed by atoms with Gasteiger partial charge < -0.3 is 15.5 Å². The number of carbonyl (C=O) groups excluding carboxylic acids is 1. The van der Waals surface area contributed by atoms with Gasteiger partial charge in [0.05, 0.1) is 0 Å². The SMILES string of the molecule is CCNC(=NCC(=O)N(C)CC(F)(F)F)NCC(c1ccccc1)c1ccccc1. The number of halogens is 3. The Morgan fingerprint density at radius 3 is 2.00 bits per heavy atom. The number of guanidine groups is 1. The number of nitrogens with one attached hydrogen (secondary N) is 2. The molecule has 2 aromatic carbocycles. The molecule has 0 aliphatic rings. The maximum atomic E-state index is 12.5. The third kappa shape index (κ3) is 7.77. The minimum atomic E-state index is -4.44. The zero-order valence-corrected chi connectivity index (χ0v) is 17.1. The van der Waals surface area contributed by atoms with E-state index in [4.69, 9.17) is 0 Å². The van der Waals surface area contributed by atoms with E-state index in [0.29, 0.717) is 23.9 Å². The van der Waals surface area contributed by atoms with Crippen molar-refractivity contribution in [3.05, 3.63) is 71.8 Å². The van der Waals surface area contributed by atoms with Gasteiger partial charge in [0, 0.05) is 26.1 Å². The van der Waals surface area contributed by atoms with E-state index in [1.807, 2.05) is 67.6 Å². The summed E-state index contributed by atoms with van der Waals surface area (Å²) in [6.07, 6.45) is -4.44. The molecular weight excluding hydrogens is 393 g/mol. The lowest BCUT2D eigenvalue weighted by molar-refractivity contribution is -0.157. The van der Waals surface area contributed by atoms with Crippen LogP contribution < -0.4 is 10.6 Å². The predicted octanol–water partition coefficient (Wildman–Crippen LogP) is 3.39. The molecule has 2 N–H and O–H groups in total. The molecule has 2 rings (SSSR count). The molecule has 162 valence electrons. The number of benzene rings is 2. The molecule has 0 aliphatic carbocycles. The van der Waals surface area contributed by atoms with Gasteiger partial charge in [-0.1, -0.05) is 60.7 Å². The van der Waals surface area contributed by atoms with Crippen molar-refractivity contribution in [2.75, 3.05) is 33.2 Å². The molecule has 0 aliphatic heterocycles. The van der Waals surface area contributed by atoms with Crippen molar-refractivity contribution in [3.8, 4) is 0 Å². The minimum Gasteiger partial charge on any atom is -0.357 e. The Bertz CT molecular complexity index is 771. The van der Waals surface area contributed by atoms with E-state index in [1.165, 1.54) is 0 Å². The first kappa shape index (κ1) is 23.3. The first-order valence-electron chi connectivity index (χ1n) is 9.73. The summed E-state index contributed by atoms with van der Waals surface area (Å²) < 4.78 is 37.4. The molecule has 0 unspecified atom stereocenters. The fraction of sp³-hybridized carbons (Fsp3) is 0.364. The van der Waals surface area contributed by atoms with Gasteiger partial charge in [0.25, 0.3) is 0 Å². The van der Waals surface area contributed by atoms with Gasteiger partial charge in [0.1, 0.15) is 13.1 Å². The molecule has 0 atom stereocenters. The van der Waals surface area contributed by atoms with Crippen LogP contribution in [0, 0.1) is 0 Å². The molecule has 5 nitrogen and oxygen atoms in total. The van der Waals surface area contributed by atoms with Crippen LogP contribution in [-0.4, -0.2) is 56.2 Å². The topological polar surface area (TPSA) is 56.7 Å². The van der Waals surface area contributed by atoms with E-state index in [0.717, 1.165) is 18.2 Å². The van der Waals surface area contributed by atoms with Crippen molar-refractivity contribution in [2.45, 2.75) is 19.0 Å².